The molecule has 1 amide bonds. The Morgan fingerprint density at radius 1 is 1.13 bits per heavy atom. The van der Waals surface area contributed by atoms with Crippen molar-refractivity contribution in [2.75, 3.05) is 11.9 Å². The number of pyridine rings is 1. The van der Waals surface area contributed by atoms with Gasteiger partial charge in [0.05, 0.1) is 29.2 Å². The molecule has 2 aromatic heterocycles. The van der Waals surface area contributed by atoms with Crippen molar-refractivity contribution in [3.63, 3.8) is 0 Å². The van der Waals surface area contributed by atoms with Crippen LogP contribution in [-0.4, -0.2) is 49.4 Å². The molecule has 4 rings (SSSR count). The number of rotatable bonds is 4. The van der Waals surface area contributed by atoms with Gasteiger partial charge in [-0.15, -0.1) is 0 Å². The van der Waals surface area contributed by atoms with Crippen molar-refractivity contribution >= 4 is 11.7 Å². The number of amides is 1. The van der Waals surface area contributed by atoms with E-state index in [9.17, 15) is 18.0 Å². The lowest BCUT2D eigenvalue weighted by Crippen LogP contribution is -2.52. The Labute approximate surface area is 176 Å². The molecule has 3 aromatic rings. The number of aromatic nitrogens is 4. The highest BCUT2D eigenvalue weighted by atomic mass is 19.4. The minimum Gasteiger partial charge on any atom is -0.365 e. The molecule has 7 nitrogen and oxygen atoms in total. The number of benzene rings is 1. The number of carbonyl (C=O) groups excluding carboxylic acids is 1. The van der Waals surface area contributed by atoms with Gasteiger partial charge in [-0.05, 0) is 44.0 Å². The fraction of sp³-hybridized carbons (Fsp3) is 0.333. The fourth-order valence-corrected chi connectivity index (χ4v) is 3.78. The topological polar surface area (TPSA) is 75.9 Å². The van der Waals surface area contributed by atoms with Crippen molar-refractivity contribution in [1.29, 1.82) is 0 Å². The molecule has 1 saturated heterocycles. The summed E-state index contributed by atoms with van der Waals surface area (Å²) in [4.78, 5) is 20.4. The third-order valence-electron chi connectivity index (χ3n) is 5.44. The molecule has 1 aliphatic rings. The monoisotopic (exact) mass is 430 g/mol. The maximum Gasteiger partial charge on any atom is 0.417 e. The van der Waals surface area contributed by atoms with Crippen LogP contribution in [-0.2, 0) is 6.18 Å². The molecule has 1 aromatic carbocycles. The smallest absolute Gasteiger partial charge is 0.365 e. The number of anilines is 1. The van der Waals surface area contributed by atoms with E-state index >= 15 is 0 Å². The molecule has 3 heterocycles. The van der Waals surface area contributed by atoms with Crippen LogP contribution in [0.25, 0.3) is 5.69 Å². The van der Waals surface area contributed by atoms with Crippen molar-refractivity contribution in [2.45, 2.75) is 38.0 Å². The number of hydrogen-bond acceptors (Lipinski definition) is 5. The van der Waals surface area contributed by atoms with Crippen LogP contribution in [0.5, 0.6) is 0 Å². The van der Waals surface area contributed by atoms with Gasteiger partial charge in [-0.2, -0.15) is 28.2 Å². The van der Waals surface area contributed by atoms with E-state index in [4.69, 9.17) is 0 Å². The van der Waals surface area contributed by atoms with Crippen molar-refractivity contribution in [3.8, 4) is 5.69 Å². The van der Waals surface area contributed by atoms with Crippen LogP contribution in [0.2, 0.25) is 0 Å². The quantitative estimate of drug-likeness (QED) is 0.682. The van der Waals surface area contributed by atoms with Gasteiger partial charge in [0.1, 0.15) is 5.82 Å². The third-order valence-corrected chi connectivity index (χ3v) is 5.44. The van der Waals surface area contributed by atoms with Gasteiger partial charge in [-0.3, -0.25) is 4.79 Å². The molecule has 0 aliphatic carbocycles. The summed E-state index contributed by atoms with van der Waals surface area (Å²) in [6, 6.07) is 9.10. The van der Waals surface area contributed by atoms with Gasteiger partial charge in [0, 0.05) is 24.8 Å². The van der Waals surface area contributed by atoms with Crippen LogP contribution in [0.15, 0.2) is 55.0 Å². The standard InChI is InChI=1S/C21H21F3N6O/c1-14-17(28-19-9-8-15(13-25-19)21(22,23)24)6-4-12-29(14)20(31)16-5-2-3-7-18(16)30-26-10-11-27-30/h2-3,5,7-11,13-14,17H,4,6,12H2,1H3,(H,25,28)/t14-,17-/m0/s1. The third kappa shape index (κ3) is 4.37. The minimum absolute atomic E-state index is 0.142. The lowest BCUT2D eigenvalue weighted by atomic mass is 9.96. The molecule has 0 saturated carbocycles. The molecule has 10 heteroatoms. The second-order valence-electron chi connectivity index (χ2n) is 7.40. The van der Waals surface area contributed by atoms with E-state index in [0.717, 1.165) is 25.1 Å². The highest BCUT2D eigenvalue weighted by molar-refractivity contribution is 5.98. The van der Waals surface area contributed by atoms with Crippen LogP contribution in [0, 0.1) is 0 Å². The van der Waals surface area contributed by atoms with E-state index in [0.29, 0.717) is 23.6 Å². The summed E-state index contributed by atoms with van der Waals surface area (Å²) >= 11 is 0. The summed E-state index contributed by atoms with van der Waals surface area (Å²) < 4.78 is 38.3. The number of likely N-dealkylation sites (tertiary alicyclic amines) is 1. The summed E-state index contributed by atoms with van der Waals surface area (Å²) in [5.74, 6) is 0.201. The van der Waals surface area contributed by atoms with Gasteiger partial charge < -0.3 is 10.2 Å². The van der Waals surface area contributed by atoms with Gasteiger partial charge in [-0.1, -0.05) is 12.1 Å². The number of nitrogens with zero attached hydrogens (tertiary/aromatic N) is 5. The lowest BCUT2D eigenvalue weighted by Gasteiger charge is -2.40. The first-order valence-corrected chi connectivity index (χ1v) is 9.91. The van der Waals surface area contributed by atoms with Gasteiger partial charge in [0.25, 0.3) is 5.91 Å². The first kappa shape index (κ1) is 20.8. The van der Waals surface area contributed by atoms with E-state index in [1.807, 2.05) is 13.0 Å². The van der Waals surface area contributed by atoms with Gasteiger partial charge in [-0.25, -0.2) is 4.98 Å². The van der Waals surface area contributed by atoms with Crippen LogP contribution in [0.3, 0.4) is 0 Å². The average Bonchev–Trinajstić information content (AvgIpc) is 3.29. The van der Waals surface area contributed by atoms with Crippen LogP contribution in [0.4, 0.5) is 19.0 Å². The molecular weight excluding hydrogens is 409 g/mol. The van der Waals surface area contributed by atoms with Crippen molar-refractivity contribution in [2.24, 2.45) is 0 Å². The maximum absolute atomic E-state index is 13.4. The summed E-state index contributed by atoms with van der Waals surface area (Å²) in [7, 11) is 0. The van der Waals surface area contributed by atoms with E-state index in [1.165, 1.54) is 10.9 Å². The summed E-state index contributed by atoms with van der Waals surface area (Å²) in [5.41, 5.74) is 0.276. The molecule has 0 spiro atoms. The van der Waals surface area contributed by atoms with E-state index in [1.54, 1.807) is 35.5 Å². The molecule has 0 bridgehead atoms. The number of alkyl halides is 3. The lowest BCUT2D eigenvalue weighted by molar-refractivity contribution is -0.137. The predicted molar refractivity (Wildman–Crippen MR) is 108 cm³/mol. The highest BCUT2D eigenvalue weighted by Crippen LogP contribution is 2.30. The number of halogens is 3. The zero-order valence-electron chi connectivity index (χ0n) is 16.8. The second-order valence-corrected chi connectivity index (χ2v) is 7.40. The predicted octanol–water partition coefficient (Wildman–Crippen LogP) is 3.79. The number of hydrogen-bond donors (Lipinski definition) is 1. The van der Waals surface area contributed by atoms with Crippen molar-refractivity contribution in [1.82, 2.24) is 24.9 Å². The molecular formula is C21H21F3N6O. The number of nitrogens with one attached hydrogen (secondary N) is 1. The zero-order valence-corrected chi connectivity index (χ0v) is 16.8. The SMILES string of the molecule is C[C@H]1[C@@H](Nc2ccc(C(F)(F)F)cn2)CCCN1C(=O)c1ccccc1-n1nccn1. The molecule has 2 atom stereocenters. The molecule has 162 valence electrons. The molecule has 0 radical (unpaired) electrons. The summed E-state index contributed by atoms with van der Waals surface area (Å²) in [5, 5.41) is 11.4. The zero-order chi connectivity index (χ0) is 22.0. The Morgan fingerprint density at radius 2 is 1.87 bits per heavy atom. The summed E-state index contributed by atoms with van der Waals surface area (Å²) in [6.07, 6.45) is 1.01. The van der Waals surface area contributed by atoms with Crippen molar-refractivity contribution in [3.05, 3.63) is 66.1 Å². The maximum atomic E-state index is 13.4. The van der Waals surface area contributed by atoms with Crippen LogP contribution < -0.4 is 5.32 Å². The highest BCUT2D eigenvalue weighted by Gasteiger charge is 2.34. The minimum atomic E-state index is -4.43. The molecule has 1 aliphatic heterocycles. The normalized spacial score (nSPS) is 19.3. The number of carbonyl (C=O) groups is 1. The number of piperidine rings is 1. The summed E-state index contributed by atoms with van der Waals surface area (Å²) in [6.45, 7) is 2.51. The fourth-order valence-electron chi connectivity index (χ4n) is 3.78. The van der Waals surface area contributed by atoms with E-state index < -0.39 is 11.7 Å². The Morgan fingerprint density at radius 3 is 2.55 bits per heavy atom. The Bertz CT molecular complexity index is 1040. The Hall–Kier alpha value is -3.43. The Kier molecular flexibility index (Phi) is 5.62. The number of para-hydroxylation sites is 1. The second kappa shape index (κ2) is 8.37. The largest absolute Gasteiger partial charge is 0.417 e. The van der Waals surface area contributed by atoms with E-state index in [2.05, 4.69) is 20.5 Å². The van der Waals surface area contributed by atoms with Gasteiger partial charge >= 0.3 is 6.18 Å². The van der Waals surface area contributed by atoms with Crippen LogP contribution >= 0.6 is 0 Å². The average molecular weight is 430 g/mol. The molecule has 31 heavy (non-hydrogen) atoms. The molecule has 1 fully saturated rings. The first-order valence-electron chi connectivity index (χ1n) is 9.91. The molecule has 1 N–H and O–H groups in total. The van der Waals surface area contributed by atoms with Gasteiger partial charge in [0.15, 0.2) is 0 Å². The Balaban J connectivity index is 1.52. The van der Waals surface area contributed by atoms with Gasteiger partial charge in [0.2, 0.25) is 0 Å². The van der Waals surface area contributed by atoms with Crippen molar-refractivity contribution < 1.29 is 18.0 Å². The van der Waals surface area contributed by atoms with Crippen LogP contribution in [0.1, 0.15) is 35.7 Å². The first-order chi connectivity index (χ1) is 14.8. The molecule has 0 unspecified atom stereocenters. The van der Waals surface area contributed by atoms with E-state index in [-0.39, 0.29) is 18.0 Å².